The van der Waals surface area contributed by atoms with Crippen LogP contribution >= 0.6 is 27.5 Å². The van der Waals surface area contributed by atoms with Gasteiger partial charge in [0.1, 0.15) is 30.6 Å². The Kier molecular flexibility index (Phi) is 10.7. The van der Waals surface area contributed by atoms with Crippen molar-refractivity contribution in [2.24, 2.45) is 0 Å². The van der Waals surface area contributed by atoms with Crippen LogP contribution in [0.4, 0.5) is 11.4 Å². The number of hydrogen-bond donors (Lipinski definition) is 1. The number of benzene rings is 4. The molecule has 4 rings (SSSR count). The number of nitro groups is 1. The third-order valence-electron chi connectivity index (χ3n) is 5.98. The number of halogens is 2. The monoisotopic (exact) mass is 661 g/mol. The van der Waals surface area contributed by atoms with Crippen LogP contribution < -0.4 is 19.5 Å². The molecule has 0 atom stereocenters. The summed E-state index contributed by atoms with van der Waals surface area (Å²) in [7, 11) is 0. The zero-order valence-electron chi connectivity index (χ0n) is 22.9. The summed E-state index contributed by atoms with van der Waals surface area (Å²) in [4.78, 5) is 23.5. The lowest BCUT2D eigenvalue weighted by Crippen LogP contribution is -2.13. The summed E-state index contributed by atoms with van der Waals surface area (Å²) >= 11 is 9.65. The number of ether oxygens (including phenoxy) is 3. The Balaban J connectivity index is 1.45. The van der Waals surface area contributed by atoms with Crippen LogP contribution in [-0.4, -0.2) is 17.4 Å². The number of amides is 1. The zero-order chi connectivity index (χ0) is 30.8. The molecule has 218 valence electrons. The number of carbonyl (C=O) groups excluding carboxylic acids is 1. The first kappa shape index (κ1) is 31.1. The van der Waals surface area contributed by atoms with E-state index in [1.807, 2.05) is 31.2 Å². The third kappa shape index (κ3) is 8.58. The second kappa shape index (κ2) is 14.9. The molecule has 0 aromatic heterocycles. The van der Waals surface area contributed by atoms with Gasteiger partial charge in [0, 0.05) is 28.4 Å². The topological polar surface area (TPSA) is 124 Å². The van der Waals surface area contributed by atoms with E-state index in [1.54, 1.807) is 54.6 Å². The molecule has 0 aliphatic heterocycles. The van der Waals surface area contributed by atoms with Crippen molar-refractivity contribution in [2.45, 2.75) is 20.1 Å². The molecular formula is C32H25BrClN3O6. The number of carbonyl (C=O) groups is 1. The maximum Gasteiger partial charge on any atom is 0.269 e. The number of nitrogens with zero attached hydrogens (tertiary/aromatic N) is 2. The summed E-state index contributed by atoms with van der Waals surface area (Å²) in [5.41, 5.74) is 2.30. The number of anilines is 1. The fraction of sp³-hybridized carbons (Fsp3) is 0.125. The highest BCUT2D eigenvalue weighted by atomic mass is 79.9. The van der Waals surface area contributed by atoms with Crippen LogP contribution in [0, 0.1) is 21.4 Å². The lowest BCUT2D eigenvalue weighted by Gasteiger charge is -2.15. The molecule has 0 unspecified atom stereocenters. The van der Waals surface area contributed by atoms with Gasteiger partial charge in [-0.25, -0.2) is 0 Å². The van der Waals surface area contributed by atoms with E-state index in [-0.39, 0.29) is 17.9 Å². The first-order valence-electron chi connectivity index (χ1n) is 13.0. The summed E-state index contributed by atoms with van der Waals surface area (Å²) in [5, 5.41) is 24.1. The number of hydrogen-bond acceptors (Lipinski definition) is 7. The SMILES string of the molecule is CCOc1cc(/C=C(\C#N)C(=O)Nc2ccc(OCc3ccccc3Cl)cc2)cc(Br)c1OCc1cccc([N+](=O)[O-])c1. The van der Waals surface area contributed by atoms with Crippen molar-refractivity contribution in [1.29, 1.82) is 5.26 Å². The van der Waals surface area contributed by atoms with Gasteiger partial charge in [-0.1, -0.05) is 41.9 Å². The molecule has 1 N–H and O–H groups in total. The van der Waals surface area contributed by atoms with Gasteiger partial charge < -0.3 is 19.5 Å². The summed E-state index contributed by atoms with van der Waals surface area (Å²) in [5.74, 6) is 0.756. The Bertz CT molecular complexity index is 1700. The molecule has 0 heterocycles. The first-order valence-corrected chi connectivity index (χ1v) is 14.2. The van der Waals surface area contributed by atoms with Gasteiger partial charge in [-0.2, -0.15) is 5.26 Å². The van der Waals surface area contributed by atoms with Crippen LogP contribution in [-0.2, 0) is 18.0 Å². The Morgan fingerprint density at radius 3 is 2.49 bits per heavy atom. The smallest absolute Gasteiger partial charge is 0.269 e. The average Bonchev–Trinajstić information content (AvgIpc) is 3.00. The zero-order valence-corrected chi connectivity index (χ0v) is 25.2. The Morgan fingerprint density at radius 1 is 1.02 bits per heavy atom. The van der Waals surface area contributed by atoms with E-state index in [9.17, 15) is 20.2 Å². The lowest BCUT2D eigenvalue weighted by atomic mass is 10.1. The van der Waals surface area contributed by atoms with Gasteiger partial charge in [0.25, 0.3) is 11.6 Å². The number of rotatable bonds is 12. The van der Waals surface area contributed by atoms with Gasteiger partial charge >= 0.3 is 0 Å². The maximum absolute atomic E-state index is 12.9. The van der Waals surface area contributed by atoms with E-state index in [0.717, 1.165) is 5.56 Å². The highest BCUT2D eigenvalue weighted by Gasteiger charge is 2.16. The number of nitriles is 1. The van der Waals surface area contributed by atoms with Gasteiger partial charge in [0.05, 0.1) is 16.0 Å². The molecule has 4 aromatic rings. The fourth-order valence-electron chi connectivity index (χ4n) is 3.91. The van der Waals surface area contributed by atoms with E-state index in [2.05, 4.69) is 21.2 Å². The molecule has 0 bridgehead atoms. The number of nitro benzene ring substituents is 1. The highest BCUT2D eigenvalue weighted by molar-refractivity contribution is 9.10. The standard InChI is InChI=1S/C32H25BrClN3O6/c1-2-41-30-17-22(16-28(33)31(30)43-19-21-6-5-8-26(15-21)37(39)40)14-24(18-35)32(38)36-25-10-12-27(13-11-25)42-20-23-7-3-4-9-29(23)34/h3-17H,2,19-20H2,1H3,(H,36,38)/b24-14+. The van der Waals surface area contributed by atoms with Crippen LogP contribution in [0.2, 0.25) is 5.02 Å². The van der Waals surface area contributed by atoms with Crippen molar-refractivity contribution in [1.82, 2.24) is 0 Å². The van der Waals surface area contributed by atoms with E-state index in [0.29, 0.717) is 56.8 Å². The minimum atomic E-state index is -0.590. The van der Waals surface area contributed by atoms with Crippen LogP contribution in [0.5, 0.6) is 17.2 Å². The summed E-state index contributed by atoms with van der Waals surface area (Å²) in [6.07, 6.45) is 1.44. The molecule has 0 spiro atoms. The largest absolute Gasteiger partial charge is 0.490 e. The predicted octanol–water partition coefficient (Wildman–Crippen LogP) is 8.11. The molecule has 0 radical (unpaired) electrons. The van der Waals surface area contributed by atoms with Crippen LogP contribution in [0.1, 0.15) is 23.6 Å². The van der Waals surface area contributed by atoms with Crippen molar-refractivity contribution in [3.05, 3.63) is 127 Å². The Morgan fingerprint density at radius 2 is 1.79 bits per heavy atom. The third-order valence-corrected chi connectivity index (χ3v) is 6.93. The Labute approximate surface area is 261 Å². The molecule has 1 amide bonds. The van der Waals surface area contributed by atoms with Crippen molar-refractivity contribution >= 4 is 50.9 Å². The van der Waals surface area contributed by atoms with Crippen molar-refractivity contribution in [3.63, 3.8) is 0 Å². The van der Waals surface area contributed by atoms with Gasteiger partial charge in [0.15, 0.2) is 11.5 Å². The Hall–Kier alpha value is -4.85. The molecule has 0 aliphatic carbocycles. The molecule has 0 fully saturated rings. The second-order valence-electron chi connectivity index (χ2n) is 9.01. The summed E-state index contributed by atoms with van der Waals surface area (Å²) in [6, 6.07) is 25.6. The number of nitrogens with one attached hydrogen (secondary N) is 1. The molecule has 4 aromatic carbocycles. The molecule has 43 heavy (non-hydrogen) atoms. The fourth-order valence-corrected chi connectivity index (χ4v) is 4.68. The van der Waals surface area contributed by atoms with Crippen molar-refractivity contribution in [2.75, 3.05) is 11.9 Å². The molecule has 0 saturated heterocycles. The van der Waals surface area contributed by atoms with Crippen molar-refractivity contribution < 1.29 is 23.9 Å². The van der Waals surface area contributed by atoms with E-state index in [4.69, 9.17) is 25.8 Å². The lowest BCUT2D eigenvalue weighted by molar-refractivity contribution is -0.384. The molecule has 0 aliphatic rings. The van der Waals surface area contributed by atoms with Gasteiger partial charge in [-0.15, -0.1) is 0 Å². The van der Waals surface area contributed by atoms with Crippen molar-refractivity contribution in [3.8, 4) is 23.3 Å². The quantitative estimate of drug-likeness (QED) is 0.0703. The average molecular weight is 663 g/mol. The van der Waals surface area contributed by atoms with E-state index < -0.39 is 10.8 Å². The van der Waals surface area contributed by atoms with E-state index in [1.165, 1.54) is 18.2 Å². The van der Waals surface area contributed by atoms with Gasteiger partial charge in [-0.3, -0.25) is 14.9 Å². The summed E-state index contributed by atoms with van der Waals surface area (Å²) < 4.78 is 18.0. The van der Waals surface area contributed by atoms with Crippen LogP contribution in [0.25, 0.3) is 6.08 Å². The van der Waals surface area contributed by atoms with Crippen LogP contribution in [0.3, 0.4) is 0 Å². The molecule has 0 saturated carbocycles. The predicted molar refractivity (Wildman–Crippen MR) is 167 cm³/mol. The van der Waals surface area contributed by atoms with Gasteiger partial charge in [-0.05, 0) is 82.5 Å². The molecule has 9 nitrogen and oxygen atoms in total. The highest BCUT2D eigenvalue weighted by Crippen LogP contribution is 2.38. The van der Waals surface area contributed by atoms with E-state index >= 15 is 0 Å². The van der Waals surface area contributed by atoms with Crippen LogP contribution in [0.15, 0.2) is 95.0 Å². The number of non-ortho nitro benzene ring substituents is 1. The van der Waals surface area contributed by atoms with Gasteiger partial charge in [0.2, 0.25) is 0 Å². The minimum absolute atomic E-state index is 0.0364. The minimum Gasteiger partial charge on any atom is -0.490 e. The summed E-state index contributed by atoms with van der Waals surface area (Å²) in [6.45, 7) is 2.49. The molecular weight excluding hydrogens is 638 g/mol. The second-order valence-corrected chi connectivity index (χ2v) is 10.3. The normalized spacial score (nSPS) is 10.9. The first-order chi connectivity index (χ1) is 20.8. The molecule has 11 heteroatoms. The maximum atomic E-state index is 12.9.